The molecule has 0 aromatic heterocycles. The minimum absolute atomic E-state index is 0.0662. The molecule has 2 nitrogen and oxygen atoms in total. The Morgan fingerprint density at radius 1 is 0.625 bits per heavy atom. The van der Waals surface area contributed by atoms with Gasteiger partial charge in [0.25, 0.3) is 0 Å². The van der Waals surface area contributed by atoms with Crippen LogP contribution in [0.25, 0.3) is 0 Å². The molecular formula is C21H42O2S. The van der Waals surface area contributed by atoms with Gasteiger partial charge in [-0.25, -0.2) is 0 Å². The van der Waals surface area contributed by atoms with Gasteiger partial charge in [0.05, 0.1) is 6.61 Å². The van der Waals surface area contributed by atoms with E-state index in [1.165, 1.54) is 96.3 Å². The summed E-state index contributed by atoms with van der Waals surface area (Å²) >= 11 is 4.25. The Hall–Kier alpha value is -0.180. The average molecular weight is 359 g/mol. The molecule has 0 rings (SSSR count). The summed E-state index contributed by atoms with van der Waals surface area (Å²) in [7, 11) is 0. The lowest BCUT2D eigenvalue weighted by molar-refractivity contribution is -0.143. The third-order valence-electron chi connectivity index (χ3n) is 4.60. The van der Waals surface area contributed by atoms with E-state index in [4.69, 9.17) is 4.74 Å². The molecule has 0 N–H and O–H groups in total. The van der Waals surface area contributed by atoms with Crippen LogP contribution in [0.3, 0.4) is 0 Å². The van der Waals surface area contributed by atoms with Gasteiger partial charge in [0.2, 0.25) is 0 Å². The molecule has 0 saturated carbocycles. The van der Waals surface area contributed by atoms with Gasteiger partial charge in [0, 0.05) is 6.42 Å². The number of hydrogen-bond donors (Lipinski definition) is 1. The second-order valence-electron chi connectivity index (χ2n) is 6.95. The molecule has 0 aromatic carbocycles. The first-order valence-corrected chi connectivity index (χ1v) is 11.2. The lowest BCUT2D eigenvalue weighted by atomic mass is 10.0. The highest BCUT2D eigenvalue weighted by molar-refractivity contribution is 7.80. The van der Waals surface area contributed by atoms with E-state index in [1.807, 2.05) is 6.92 Å². The van der Waals surface area contributed by atoms with Crippen molar-refractivity contribution in [2.45, 2.75) is 116 Å². The summed E-state index contributed by atoms with van der Waals surface area (Å²) in [4.78, 5) is 11.0. The van der Waals surface area contributed by atoms with Gasteiger partial charge in [-0.1, -0.05) is 96.8 Å². The zero-order chi connectivity index (χ0) is 17.7. The third-order valence-corrected chi connectivity index (χ3v) is 4.92. The smallest absolute Gasteiger partial charge is 0.305 e. The Balaban J connectivity index is 2.99. The van der Waals surface area contributed by atoms with Crippen LogP contribution in [0.1, 0.15) is 116 Å². The van der Waals surface area contributed by atoms with E-state index in [1.54, 1.807) is 0 Å². The molecule has 0 unspecified atom stereocenters. The van der Waals surface area contributed by atoms with Crippen molar-refractivity contribution in [2.24, 2.45) is 0 Å². The average Bonchev–Trinajstić information content (AvgIpc) is 2.60. The van der Waals surface area contributed by atoms with Gasteiger partial charge in [-0.3, -0.25) is 4.79 Å². The SMILES string of the molecule is CCC(=O)OCCCCCCCCCCCCCCCCCCS. The largest absolute Gasteiger partial charge is 0.466 e. The molecule has 0 aromatic rings. The van der Waals surface area contributed by atoms with E-state index in [0.717, 1.165) is 12.2 Å². The van der Waals surface area contributed by atoms with Crippen LogP contribution in [0.5, 0.6) is 0 Å². The molecule has 144 valence electrons. The highest BCUT2D eigenvalue weighted by Gasteiger charge is 1.98. The van der Waals surface area contributed by atoms with Gasteiger partial charge < -0.3 is 4.74 Å². The quantitative estimate of drug-likeness (QED) is 0.151. The van der Waals surface area contributed by atoms with Gasteiger partial charge in [-0.05, 0) is 18.6 Å². The first kappa shape index (κ1) is 23.8. The van der Waals surface area contributed by atoms with Gasteiger partial charge in [-0.2, -0.15) is 12.6 Å². The van der Waals surface area contributed by atoms with Gasteiger partial charge >= 0.3 is 5.97 Å². The van der Waals surface area contributed by atoms with E-state index < -0.39 is 0 Å². The van der Waals surface area contributed by atoms with Crippen LogP contribution in [0.2, 0.25) is 0 Å². The lowest BCUT2D eigenvalue weighted by Gasteiger charge is -2.04. The second-order valence-corrected chi connectivity index (χ2v) is 7.40. The number of ether oxygens (including phenoxy) is 1. The van der Waals surface area contributed by atoms with Crippen LogP contribution < -0.4 is 0 Å². The highest BCUT2D eigenvalue weighted by Crippen LogP contribution is 2.13. The monoisotopic (exact) mass is 358 g/mol. The van der Waals surface area contributed by atoms with Gasteiger partial charge in [-0.15, -0.1) is 0 Å². The fourth-order valence-electron chi connectivity index (χ4n) is 2.98. The topological polar surface area (TPSA) is 26.3 Å². The molecular weight excluding hydrogens is 316 g/mol. The van der Waals surface area contributed by atoms with Crippen molar-refractivity contribution in [3.8, 4) is 0 Å². The molecule has 0 aliphatic heterocycles. The van der Waals surface area contributed by atoms with E-state index in [-0.39, 0.29) is 5.97 Å². The first-order chi connectivity index (χ1) is 11.8. The number of carbonyl (C=O) groups excluding carboxylic acids is 1. The number of hydrogen-bond acceptors (Lipinski definition) is 3. The molecule has 3 heteroatoms. The van der Waals surface area contributed by atoms with E-state index >= 15 is 0 Å². The summed E-state index contributed by atoms with van der Waals surface area (Å²) in [5, 5.41) is 0. The number of carbonyl (C=O) groups is 1. The fourth-order valence-corrected chi connectivity index (χ4v) is 3.20. The Bertz CT molecular complexity index is 256. The molecule has 24 heavy (non-hydrogen) atoms. The highest BCUT2D eigenvalue weighted by atomic mass is 32.1. The van der Waals surface area contributed by atoms with E-state index in [2.05, 4.69) is 12.6 Å². The zero-order valence-corrected chi connectivity index (χ0v) is 17.1. The minimum Gasteiger partial charge on any atom is -0.466 e. The molecule has 0 amide bonds. The second kappa shape index (κ2) is 20.9. The number of rotatable bonds is 19. The van der Waals surface area contributed by atoms with Crippen molar-refractivity contribution in [2.75, 3.05) is 12.4 Å². The Kier molecular flexibility index (Phi) is 20.7. The van der Waals surface area contributed by atoms with Crippen LogP contribution in [0.15, 0.2) is 0 Å². The maximum absolute atomic E-state index is 11.0. The van der Waals surface area contributed by atoms with Crippen molar-refractivity contribution >= 4 is 18.6 Å². The van der Waals surface area contributed by atoms with Crippen LogP contribution in [0.4, 0.5) is 0 Å². The Morgan fingerprint density at radius 3 is 1.29 bits per heavy atom. The molecule has 0 fully saturated rings. The Labute approximate surface area is 156 Å². The van der Waals surface area contributed by atoms with Crippen LogP contribution >= 0.6 is 12.6 Å². The van der Waals surface area contributed by atoms with Crippen LogP contribution in [0, 0.1) is 0 Å². The van der Waals surface area contributed by atoms with Crippen molar-refractivity contribution in [1.29, 1.82) is 0 Å². The summed E-state index contributed by atoms with van der Waals surface area (Å²) in [6.07, 6.45) is 22.2. The standard InChI is InChI=1S/C21H42O2S/c1-2-21(22)23-19-17-15-13-11-9-7-5-3-4-6-8-10-12-14-16-18-20-24/h24H,2-20H2,1H3. The lowest BCUT2D eigenvalue weighted by Crippen LogP contribution is -2.03. The minimum atomic E-state index is -0.0662. The first-order valence-electron chi connectivity index (χ1n) is 10.6. The van der Waals surface area contributed by atoms with Gasteiger partial charge in [0.1, 0.15) is 0 Å². The number of unbranched alkanes of at least 4 members (excludes halogenated alkanes) is 15. The fraction of sp³-hybridized carbons (Fsp3) is 0.952. The number of esters is 1. The summed E-state index contributed by atoms with van der Waals surface area (Å²) in [5.74, 6) is 0.984. The predicted molar refractivity (Wildman–Crippen MR) is 109 cm³/mol. The molecule has 0 heterocycles. The summed E-state index contributed by atoms with van der Waals surface area (Å²) in [5.41, 5.74) is 0. The molecule has 0 bridgehead atoms. The normalized spacial score (nSPS) is 10.9. The maximum atomic E-state index is 11.0. The summed E-state index contributed by atoms with van der Waals surface area (Å²) < 4.78 is 5.07. The maximum Gasteiger partial charge on any atom is 0.305 e. The van der Waals surface area contributed by atoms with Crippen molar-refractivity contribution in [3.63, 3.8) is 0 Å². The van der Waals surface area contributed by atoms with E-state index in [9.17, 15) is 4.79 Å². The molecule has 0 aliphatic carbocycles. The van der Waals surface area contributed by atoms with Crippen molar-refractivity contribution in [3.05, 3.63) is 0 Å². The molecule has 0 atom stereocenters. The summed E-state index contributed by atoms with van der Waals surface area (Å²) in [6.45, 7) is 2.45. The molecule has 0 saturated heterocycles. The van der Waals surface area contributed by atoms with Crippen LogP contribution in [-0.4, -0.2) is 18.3 Å². The van der Waals surface area contributed by atoms with Crippen LogP contribution in [-0.2, 0) is 9.53 Å². The van der Waals surface area contributed by atoms with Gasteiger partial charge in [0.15, 0.2) is 0 Å². The molecule has 0 radical (unpaired) electrons. The summed E-state index contributed by atoms with van der Waals surface area (Å²) in [6, 6.07) is 0. The zero-order valence-electron chi connectivity index (χ0n) is 16.2. The van der Waals surface area contributed by atoms with E-state index in [0.29, 0.717) is 13.0 Å². The molecule has 0 aliphatic rings. The predicted octanol–water partition coefficient (Wildman–Crippen LogP) is 7.11. The van der Waals surface area contributed by atoms with Crippen molar-refractivity contribution < 1.29 is 9.53 Å². The number of thiol groups is 1. The Morgan fingerprint density at radius 2 is 0.958 bits per heavy atom. The van der Waals surface area contributed by atoms with Crippen molar-refractivity contribution in [1.82, 2.24) is 0 Å². The third kappa shape index (κ3) is 19.9. The molecule has 0 spiro atoms.